The lowest BCUT2D eigenvalue weighted by atomic mass is 9.95. The third-order valence-corrected chi connectivity index (χ3v) is 4.07. The number of hydrogen-bond acceptors (Lipinski definition) is 5. The van der Waals surface area contributed by atoms with Crippen LogP contribution < -0.4 is 10.6 Å². The van der Waals surface area contributed by atoms with Crippen LogP contribution in [0.1, 0.15) is 21.5 Å². The summed E-state index contributed by atoms with van der Waals surface area (Å²) in [6.45, 7) is 0.335. The molecule has 0 fully saturated rings. The Morgan fingerprint density at radius 1 is 1.00 bits per heavy atom. The van der Waals surface area contributed by atoms with Crippen molar-refractivity contribution in [2.75, 3.05) is 0 Å². The van der Waals surface area contributed by atoms with Gasteiger partial charge in [0.05, 0.1) is 5.57 Å². The molecule has 130 valence electrons. The number of carbonyl (C=O) groups is 2. The fourth-order valence-electron chi connectivity index (χ4n) is 2.39. The van der Waals surface area contributed by atoms with E-state index >= 15 is 0 Å². The van der Waals surface area contributed by atoms with Crippen molar-refractivity contribution in [3.63, 3.8) is 0 Å². The van der Waals surface area contributed by atoms with Crippen LogP contribution in [0.4, 0.5) is 0 Å². The van der Waals surface area contributed by atoms with Crippen LogP contribution in [0, 0.1) is 0 Å². The average Bonchev–Trinajstić information content (AvgIpc) is 2.53. The zero-order valence-electron chi connectivity index (χ0n) is 12.7. The van der Waals surface area contributed by atoms with Crippen molar-refractivity contribution < 1.29 is 19.8 Å². The Hall–Kier alpha value is -2.32. The van der Waals surface area contributed by atoms with Gasteiger partial charge in [-0.2, -0.15) is 0 Å². The fraction of sp³-hybridized carbons (Fsp3) is 0.0588. The van der Waals surface area contributed by atoms with Crippen molar-refractivity contribution >= 4 is 50.3 Å². The maximum atomic E-state index is 12.1. The fourth-order valence-corrected chi connectivity index (χ4v) is 2.75. The van der Waals surface area contributed by atoms with Gasteiger partial charge in [-0.25, -0.2) is 0 Å². The second kappa shape index (κ2) is 7.71. The van der Waals surface area contributed by atoms with Crippen molar-refractivity contribution in [1.82, 2.24) is 10.6 Å². The van der Waals surface area contributed by atoms with Gasteiger partial charge in [-0.15, -0.1) is 17.0 Å². The van der Waals surface area contributed by atoms with Crippen LogP contribution in [0.3, 0.4) is 0 Å². The Labute approximate surface area is 162 Å². The zero-order valence-corrected chi connectivity index (χ0v) is 16.0. The molecule has 0 saturated heterocycles. The molecule has 1 heterocycles. The number of benzene rings is 2. The van der Waals surface area contributed by atoms with E-state index in [1.165, 1.54) is 18.3 Å². The predicted octanol–water partition coefficient (Wildman–Crippen LogP) is 2.84. The van der Waals surface area contributed by atoms with Gasteiger partial charge in [0.25, 0.3) is 11.8 Å². The Morgan fingerprint density at radius 2 is 1.76 bits per heavy atom. The minimum atomic E-state index is -0.480. The van der Waals surface area contributed by atoms with Gasteiger partial charge in [0, 0.05) is 28.3 Å². The average molecular weight is 470 g/mol. The van der Waals surface area contributed by atoms with Crippen molar-refractivity contribution in [2.45, 2.75) is 6.54 Å². The van der Waals surface area contributed by atoms with Gasteiger partial charge < -0.3 is 15.5 Å². The van der Waals surface area contributed by atoms with Gasteiger partial charge in [-0.3, -0.25) is 14.9 Å². The van der Waals surface area contributed by atoms with Gasteiger partial charge in [0.15, 0.2) is 11.5 Å². The molecule has 25 heavy (non-hydrogen) atoms. The first-order chi connectivity index (χ1) is 11.5. The lowest BCUT2D eigenvalue weighted by molar-refractivity contribution is -0.114. The number of imide groups is 1. The third-order valence-electron chi connectivity index (χ3n) is 3.58. The zero-order chi connectivity index (χ0) is 17.3. The molecule has 8 heteroatoms. The molecule has 0 saturated carbocycles. The number of phenols is 2. The van der Waals surface area contributed by atoms with Gasteiger partial charge in [0.2, 0.25) is 0 Å². The van der Waals surface area contributed by atoms with Crippen molar-refractivity contribution in [1.29, 1.82) is 0 Å². The van der Waals surface area contributed by atoms with E-state index in [2.05, 4.69) is 26.6 Å². The van der Waals surface area contributed by atoms with Crippen LogP contribution in [-0.2, 0) is 11.3 Å². The molecule has 2 amide bonds. The summed E-state index contributed by atoms with van der Waals surface area (Å²) in [7, 11) is 0. The van der Waals surface area contributed by atoms with E-state index in [1.54, 1.807) is 24.3 Å². The maximum Gasteiger partial charge on any atom is 0.260 e. The minimum Gasteiger partial charge on any atom is -0.504 e. The standard InChI is InChI=1S/C17H13BrN2O4.BrH/c18-10-2-3-11-12(6-10)13(17(24)20-16(11)23)8-19-7-9-1-4-14(21)15(22)5-9;/h1-6,8,19,21-22H,7H2,(H,20,23,24);1H. The molecule has 0 unspecified atom stereocenters. The lowest BCUT2D eigenvalue weighted by Crippen LogP contribution is -2.37. The van der Waals surface area contributed by atoms with Crippen LogP contribution in [0.15, 0.2) is 47.1 Å². The van der Waals surface area contributed by atoms with Crippen molar-refractivity contribution in [3.05, 3.63) is 63.8 Å². The molecule has 0 aromatic heterocycles. The second-order valence-electron chi connectivity index (χ2n) is 5.24. The van der Waals surface area contributed by atoms with Crippen LogP contribution in [-0.4, -0.2) is 22.0 Å². The van der Waals surface area contributed by atoms with E-state index in [0.717, 1.165) is 10.0 Å². The lowest BCUT2D eigenvalue weighted by Gasteiger charge is -2.18. The summed E-state index contributed by atoms with van der Waals surface area (Å²) in [5.41, 5.74) is 2.03. The molecule has 1 aliphatic heterocycles. The van der Waals surface area contributed by atoms with E-state index < -0.39 is 11.8 Å². The molecule has 2 aromatic rings. The largest absolute Gasteiger partial charge is 0.504 e. The van der Waals surface area contributed by atoms with Gasteiger partial charge in [-0.1, -0.05) is 22.0 Å². The summed E-state index contributed by atoms with van der Waals surface area (Å²) < 4.78 is 0.762. The van der Waals surface area contributed by atoms with Crippen LogP contribution in [0.25, 0.3) is 5.57 Å². The number of carbonyl (C=O) groups excluding carboxylic acids is 2. The summed E-state index contributed by atoms with van der Waals surface area (Å²) >= 11 is 3.34. The van der Waals surface area contributed by atoms with Crippen molar-refractivity contribution in [2.24, 2.45) is 0 Å². The monoisotopic (exact) mass is 468 g/mol. The molecule has 0 radical (unpaired) electrons. The molecule has 0 bridgehead atoms. The number of halogens is 2. The highest BCUT2D eigenvalue weighted by atomic mass is 79.9. The van der Waals surface area contributed by atoms with Crippen LogP contribution >= 0.6 is 32.9 Å². The SMILES string of the molecule is Br.O=C1NC(=O)c2ccc(Br)cc2C1=CNCc1ccc(O)c(O)c1. The maximum absolute atomic E-state index is 12.1. The molecular formula is C17H14Br2N2O4. The quantitative estimate of drug-likeness (QED) is 0.315. The Kier molecular flexibility index (Phi) is 5.86. The van der Waals surface area contributed by atoms with E-state index in [0.29, 0.717) is 23.2 Å². The highest BCUT2D eigenvalue weighted by molar-refractivity contribution is 9.10. The second-order valence-corrected chi connectivity index (χ2v) is 6.15. The highest BCUT2D eigenvalue weighted by Crippen LogP contribution is 2.27. The third kappa shape index (κ3) is 4.02. The Bertz CT molecular complexity index is 881. The first kappa shape index (κ1) is 19.0. The number of fused-ring (bicyclic) bond motifs is 1. The number of nitrogens with one attached hydrogen (secondary N) is 2. The molecular weight excluding hydrogens is 456 g/mol. The summed E-state index contributed by atoms with van der Waals surface area (Å²) in [5, 5.41) is 24.1. The van der Waals surface area contributed by atoms with Crippen LogP contribution in [0.2, 0.25) is 0 Å². The van der Waals surface area contributed by atoms with Gasteiger partial charge in [-0.05, 0) is 35.9 Å². The summed E-state index contributed by atoms with van der Waals surface area (Å²) in [4.78, 5) is 24.0. The number of hydrogen-bond donors (Lipinski definition) is 4. The molecule has 1 aliphatic rings. The molecule has 3 rings (SSSR count). The molecule has 4 N–H and O–H groups in total. The van der Waals surface area contributed by atoms with Crippen molar-refractivity contribution in [3.8, 4) is 11.5 Å². The molecule has 0 atom stereocenters. The normalized spacial score (nSPS) is 14.5. The minimum absolute atomic E-state index is 0. The van der Waals surface area contributed by atoms with E-state index in [1.807, 2.05) is 0 Å². The highest BCUT2D eigenvalue weighted by Gasteiger charge is 2.27. The van der Waals surface area contributed by atoms with Gasteiger partial charge >= 0.3 is 0 Å². The predicted molar refractivity (Wildman–Crippen MR) is 102 cm³/mol. The Morgan fingerprint density at radius 3 is 2.48 bits per heavy atom. The Balaban J connectivity index is 0.00000225. The topological polar surface area (TPSA) is 98.7 Å². The van der Waals surface area contributed by atoms with E-state index in [9.17, 15) is 19.8 Å². The number of aromatic hydroxyl groups is 2. The van der Waals surface area contributed by atoms with E-state index in [-0.39, 0.29) is 28.5 Å². The summed E-state index contributed by atoms with van der Waals surface area (Å²) in [5.74, 6) is -1.31. The van der Waals surface area contributed by atoms with E-state index in [4.69, 9.17) is 0 Å². The summed E-state index contributed by atoms with van der Waals surface area (Å²) in [6, 6.07) is 9.56. The van der Waals surface area contributed by atoms with Gasteiger partial charge in [0.1, 0.15) is 0 Å². The molecule has 0 spiro atoms. The first-order valence-electron chi connectivity index (χ1n) is 7.05. The summed E-state index contributed by atoms with van der Waals surface area (Å²) in [6.07, 6.45) is 1.52. The molecule has 0 aliphatic carbocycles. The number of amides is 2. The molecule has 6 nitrogen and oxygen atoms in total. The number of phenolic OH excluding ortho intramolecular Hbond substituents is 2. The first-order valence-corrected chi connectivity index (χ1v) is 7.85. The molecule has 2 aromatic carbocycles. The number of rotatable bonds is 3. The van der Waals surface area contributed by atoms with Crippen LogP contribution in [0.5, 0.6) is 11.5 Å². The smallest absolute Gasteiger partial charge is 0.260 e.